The lowest BCUT2D eigenvalue weighted by Crippen LogP contribution is -2.29. The predicted octanol–water partition coefficient (Wildman–Crippen LogP) is 2.94. The molecule has 6 rings (SSSR count). The third kappa shape index (κ3) is 3.16. The molecular weight excluding hydrogens is 384 g/mol. The summed E-state index contributed by atoms with van der Waals surface area (Å²) in [6, 6.07) is 6.73. The van der Waals surface area contributed by atoms with Gasteiger partial charge in [0.1, 0.15) is 23.8 Å². The van der Waals surface area contributed by atoms with Gasteiger partial charge in [-0.2, -0.15) is 0 Å². The molecule has 0 amide bonds. The van der Waals surface area contributed by atoms with Gasteiger partial charge in [-0.3, -0.25) is 0 Å². The van der Waals surface area contributed by atoms with Crippen LogP contribution in [-0.4, -0.2) is 34.1 Å². The van der Waals surface area contributed by atoms with E-state index in [1.54, 1.807) is 24.3 Å². The highest BCUT2D eigenvalue weighted by Crippen LogP contribution is 2.42. The standard InChI is InChI=1S/2C11H12N2O2/c2*12-9-5-4-7-10(13-9)6-2-1-3-8(6)15-11(7)14/h2*4-6,8H,1-3H2,(H2,12,13)/t2*6-,8+/m10/s1. The second-order valence-corrected chi connectivity index (χ2v) is 8.30. The van der Waals surface area contributed by atoms with Gasteiger partial charge in [-0.1, -0.05) is 0 Å². The molecule has 2 aromatic heterocycles. The molecule has 0 bridgehead atoms. The van der Waals surface area contributed by atoms with E-state index in [0.29, 0.717) is 22.8 Å². The Morgan fingerprint density at radius 3 is 1.57 bits per heavy atom. The van der Waals surface area contributed by atoms with Crippen molar-refractivity contribution in [2.24, 2.45) is 0 Å². The molecule has 0 spiro atoms. The van der Waals surface area contributed by atoms with Crippen molar-refractivity contribution in [2.75, 3.05) is 11.5 Å². The number of esters is 2. The minimum atomic E-state index is -0.249. The second-order valence-electron chi connectivity index (χ2n) is 8.30. The van der Waals surface area contributed by atoms with Crippen molar-refractivity contribution in [1.29, 1.82) is 0 Å². The molecule has 4 heterocycles. The fourth-order valence-corrected chi connectivity index (χ4v) is 5.05. The third-order valence-corrected chi connectivity index (χ3v) is 6.46. The van der Waals surface area contributed by atoms with Crippen LogP contribution in [0.15, 0.2) is 24.3 Å². The monoisotopic (exact) mass is 408 g/mol. The first-order valence-corrected chi connectivity index (χ1v) is 10.5. The van der Waals surface area contributed by atoms with Gasteiger partial charge in [-0.25, -0.2) is 19.6 Å². The average Bonchev–Trinajstić information content (AvgIpc) is 3.38. The van der Waals surface area contributed by atoms with Gasteiger partial charge >= 0.3 is 11.9 Å². The number of fused-ring (bicyclic) bond motifs is 6. The van der Waals surface area contributed by atoms with E-state index in [9.17, 15) is 9.59 Å². The van der Waals surface area contributed by atoms with Crippen molar-refractivity contribution < 1.29 is 19.1 Å². The smallest absolute Gasteiger partial charge is 0.340 e. The van der Waals surface area contributed by atoms with Gasteiger partial charge in [0.05, 0.1) is 22.5 Å². The first kappa shape index (κ1) is 18.8. The van der Waals surface area contributed by atoms with Crippen LogP contribution in [0.25, 0.3) is 0 Å². The van der Waals surface area contributed by atoms with E-state index in [4.69, 9.17) is 20.9 Å². The van der Waals surface area contributed by atoms with E-state index >= 15 is 0 Å². The molecule has 0 unspecified atom stereocenters. The van der Waals surface area contributed by atoms with Crippen molar-refractivity contribution in [3.05, 3.63) is 46.8 Å². The lowest BCUT2D eigenvalue weighted by molar-refractivity contribution is 0.0213. The Balaban J connectivity index is 0.000000128. The third-order valence-electron chi connectivity index (χ3n) is 6.46. The normalized spacial score (nSPS) is 28.1. The number of carbonyl (C=O) groups is 2. The number of nitrogens with zero attached hydrogens (tertiary/aromatic N) is 2. The van der Waals surface area contributed by atoms with Crippen LogP contribution >= 0.6 is 0 Å². The van der Waals surface area contributed by atoms with Crippen LogP contribution in [0.3, 0.4) is 0 Å². The molecular formula is C22H24N4O4. The van der Waals surface area contributed by atoms with E-state index in [1.165, 1.54) is 0 Å². The predicted molar refractivity (Wildman–Crippen MR) is 109 cm³/mol. The fourth-order valence-electron chi connectivity index (χ4n) is 5.05. The van der Waals surface area contributed by atoms with Gasteiger partial charge in [0.15, 0.2) is 0 Å². The molecule has 2 fully saturated rings. The summed E-state index contributed by atoms with van der Waals surface area (Å²) in [6.07, 6.45) is 6.23. The zero-order valence-electron chi connectivity index (χ0n) is 16.5. The van der Waals surface area contributed by atoms with Crippen LogP contribution in [0, 0.1) is 0 Å². The number of pyridine rings is 2. The van der Waals surface area contributed by atoms with Crippen molar-refractivity contribution in [2.45, 2.75) is 62.6 Å². The molecule has 0 radical (unpaired) electrons. The van der Waals surface area contributed by atoms with Gasteiger partial charge in [0.2, 0.25) is 0 Å². The number of aromatic nitrogens is 2. The van der Waals surface area contributed by atoms with Gasteiger partial charge in [-0.05, 0) is 62.8 Å². The van der Waals surface area contributed by atoms with Crippen LogP contribution in [0.2, 0.25) is 0 Å². The average molecular weight is 408 g/mol. The van der Waals surface area contributed by atoms with Gasteiger partial charge in [0, 0.05) is 11.8 Å². The number of hydrogen-bond acceptors (Lipinski definition) is 8. The summed E-state index contributed by atoms with van der Waals surface area (Å²) in [5.41, 5.74) is 14.2. The van der Waals surface area contributed by atoms with Crippen molar-refractivity contribution >= 4 is 23.6 Å². The summed E-state index contributed by atoms with van der Waals surface area (Å²) in [5.74, 6) is 0.993. The maximum absolute atomic E-state index is 11.6. The van der Waals surface area contributed by atoms with Crippen LogP contribution in [0.5, 0.6) is 0 Å². The summed E-state index contributed by atoms with van der Waals surface area (Å²) in [4.78, 5) is 31.8. The molecule has 30 heavy (non-hydrogen) atoms. The molecule has 2 aliphatic heterocycles. The van der Waals surface area contributed by atoms with E-state index < -0.39 is 0 Å². The summed E-state index contributed by atoms with van der Waals surface area (Å²) in [6.45, 7) is 0. The Kier molecular flexibility index (Phi) is 4.56. The lowest BCUT2D eigenvalue weighted by Gasteiger charge is -2.26. The fraction of sp³-hybridized carbons (Fsp3) is 0.455. The number of nitrogen functional groups attached to an aromatic ring is 2. The van der Waals surface area contributed by atoms with Gasteiger partial charge in [-0.15, -0.1) is 0 Å². The SMILES string of the molecule is Nc1ccc2c(n1)[C@@H]1CCC[C@@H]1OC2=O.Nc1ccc2c(n1)[C@H]1CCC[C@H]1OC2=O. The quantitative estimate of drug-likeness (QED) is 0.636. The molecule has 2 saturated carbocycles. The summed E-state index contributed by atoms with van der Waals surface area (Å²) >= 11 is 0. The molecule has 8 heteroatoms. The minimum absolute atomic E-state index is 0.0271. The Hall–Kier alpha value is -3.16. The largest absolute Gasteiger partial charge is 0.458 e. The second kappa shape index (κ2) is 7.27. The Morgan fingerprint density at radius 2 is 1.13 bits per heavy atom. The zero-order chi connectivity index (χ0) is 20.8. The highest BCUT2D eigenvalue weighted by Gasteiger charge is 2.40. The zero-order valence-corrected chi connectivity index (χ0v) is 16.5. The van der Waals surface area contributed by atoms with Crippen molar-refractivity contribution in [1.82, 2.24) is 9.97 Å². The molecule has 0 saturated heterocycles. The molecule has 2 aliphatic carbocycles. The molecule has 0 aromatic carbocycles. The topological polar surface area (TPSA) is 130 Å². The summed E-state index contributed by atoms with van der Waals surface area (Å²) < 4.78 is 10.7. The Bertz CT molecular complexity index is 943. The maximum Gasteiger partial charge on any atom is 0.340 e. The molecule has 8 nitrogen and oxygen atoms in total. The van der Waals surface area contributed by atoms with Crippen LogP contribution in [0.4, 0.5) is 11.6 Å². The van der Waals surface area contributed by atoms with E-state index in [2.05, 4.69) is 9.97 Å². The van der Waals surface area contributed by atoms with Crippen LogP contribution in [-0.2, 0) is 9.47 Å². The van der Waals surface area contributed by atoms with Crippen molar-refractivity contribution in [3.8, 4) is 0 Å². The number of rotatable bonds is 0. The van der Waals surface area contributed by atoms with Crippen LogP contribution in [0.1, 0.15) is 82.5 Å². The Morgan fingerprint density at radius 1 is 0.700 bits per heavy atom. The molecule has 156 valence electrons. The molecule has 4 aliphatic rings. The maximum atomic E-state index is 11.6. The van der Waals surface area contributed by atoms with Crippen LogP contribution < -0.4 is 11.5 Å². The van der Waals surface area contributed by atoms with Crippen molar-refractivity contribution in [3.63, 3.8) is 0 Å². The molecule has 2 aromatic rings. The van der Waals surface area contributed by atoms with Gasteiger partial charge < -0.3 is 20.9 Å². The number of anilines is 2. The Labute approximate surface area is 174 Å². The van der Waals surface area contributed by atoms with E-state index in [-0.39, 0.29) is 36.0 Å². The number of carbonyl (C=O) groups excluding carboxylic acids is 2. The number of hydrogen-bond donors (Lipinski definition) is 2. The highest BCUT2D eigenvalue weighted by molar-refractivity contribution is 5.93. The highest BCUT2D eigenvalue weighted by atomic mass is 16.5. The van der Waals surface area contributed by atoms with Gasteiger partial charge in [0.25, 0.3) is 0 Å². The molecule has 4 atom stereocenters. The van der Waals surface area contributed by atoms with E-state index in [0.717, 1.165) is 49.9 Å². The first-order chi connectivity index (χ1) is 14.5. The summed E-state index contributed by atoms with van der Waals surface area (Å²) in [5, 5.41) is 0. The minimum Gasteiger partial charge on any atom is -0.458 e. The molecule has 4 N–H and O–H groups in total. The number of nitrogens with two attached hydrogens (primary N) is 2. The summed E-state index contributed by atoms with van der Waals surface area (Å²) in [7, 11) is 0. The number of ether oxygens (including phenoxy) is 2. The first-order valence-electron chi connectivity index (χ1n) is 10.5. The lowest BCUT2D eigenvalue weighted by atomic mass is 9.94. The van der Waals surface area contributed by atoms with E-state index in [1.807, 2.05) is 0 Å².